The van der Waals surface area contributed by atoms with Gasteiger partial charge in [0.05, 0.1) is 9.79 Å². The average molecular weight is 511 g/mol. The maximum absolute atomic E-state index is 13.0. The van der Waals surface area contributed by atoms with Crippen LogP contribution >= 0.6 is 11.6 Å². The van der Waals surface area contributed by atoms with Gasteiger partial charge in [-0.1, -0.05) is 30.2 Å². The molecule has 180 valence electrons. The number of piperidine rings is 1. The van der Waals surface area contributed by atoms with Crippen molar-refractivity contribution in [2.45, 2.75) is 60.4 Å². The summed E-state index contributed by atoms with van der Waals surface area (Å²) < 4.78 is 52.1. The van der Waals surface area contributed by atoms with Crippen LogP contribution in [0.5, 0.6) is 0 Å². The lowest BCUT2D eigenvalue weighted by atomic mass is 9.89. The molecule has 1 aliphatic carbocycles. The smallest absolute Gasteiger partial charge is 0.240 e. The van der Waals surface area contributed by atoms with Gasteiger partial charge in [-0.3, -0.25) is 4.90 Å². The zero-order valence-corrected chi connectivity index (χ0v) is 21.2. The van der Waals surface area contributed by atoms with Gasteiger partial charge < -0.3 is 0 Å². The van der Waals surface area contributed by atoms with Crippen molar-refractivity contribution < 1.29 is 16.8 Å². The van der Waals surface area contributed by atoms with Gasteiger partial charge in [0.1, 0.15) is 0 Å². The predicted molar refractivity (Wildman–Crippen MR) is 131 cm³/mol. The average Bonchev–Trinajstić information content (AvgIpc) is 3.23. The lowest BCUT2D eigenvalue weighted by Crippen LogP contribution is -2.51. The number of sulfone groups is 1. The van der Waals surface area contributed by atoms with E-state index in [1.54, 1.807) is 0 Å². The lowest BCUT2D eigenvalue weighted by Gasteiger charge is -2.38. The number of nitrogens with zero attached hydrogens (tertiary/aromatic N) is 1. The van der Waals surface area contributed by atoms with Crippen molar-refractivity contribution in [1.82, 2.24) is 9.62 Å². The Kier molecular flexibility index (Phi) is 7.50. The van der Waals surface area contributed by atoms with Gasteiger partial charge in [0.2, 0.25) is 10.0 Å². The van der Waals surface area contributed by atoms with Crippen LogP contribution in [0.4, 0.5) is 0 Å². The summed E-state index contributed by atoms with van der Waals surface area (Å²) in [5.74, 6) is 0.632. The first-order valence-corrected chi connectivity index (χ1v) is 15.2. The number of hydrogen-bond donors (Lipinski definition) is 1. The Morgan fingerprint density at radius 2 is 1.48 bits per heavy atom. The van der Waals surface area contributed by atoms with Crippen LogP contribution in [0.2, 0.25) is 5.02 Å². The van der Waals surface area contributed by atoms with Gasteiger partial charge in [-0.05, 0) is 93.1 Å². The molecule has 2 aromatic rings. The third-order valence-corrected chi connectivity index (χ3v) is 9.79. The summed E-state index contributed by atoms with van der Waals surface area (Å²) >= 11 is 5.99. The summed E-state index contributed by atoms with van der Waals surface area (Å²) in [5.41, 5.74) is 1.31. The van der Waals surface area contributed by atoms with Gasteiger partial charge in [-0.25, -0.2) is 21.6 Å². The molecule has 0 aromatic heterocycles. The number of benzene rings is 2. The molecule has 2 aromatic carbocycles. The maximum Gasteiger partial charge on any atom is 0.240 e. The SMILES string of the molecule is CS(=O)(=O)c1ccc(S(=O)(=O)NC2CCCC2N2CCC(Cc3ccc(Cl)cc3)CC2)cc1. The number of sulfonamides is 1. The summed E-state index contributed by atoms with van der Waals surface area (Å²) in [6.07, 6.45) is 7.16. The predicted octanol–water partition coefficient (Wildman–Crippen LogP) is 3.90. The monoisotopic (exact) mass is 510 g/mol. The van der Waals surface area contributed by atoms with Crippen molar-refractivity contribution >= 4 is 31.5 Å². The first kappa shape index (κ1) is 24.7. The summed E-state index contributed by atoms with van der Waals surface area (Å²) in [5, 5.41) is 0.759. The van der Waals surface area contributed by atoms with Crippen molar-refractivity contribution in [1.29, 1.82) is 0 Å². The zero-order chi connectivity index (χ0) is 23.6. The first-order valence-electron chi connectivity index (χ1n) is 11.4. The van der Waals surface area contributed by atoms with Crippen LogP contribution in [-0.2, 0) is 26.3 Å². The molecule has 9 heteroatoms. The van der Waals surface area contributed by atoms with Crippen LogP contribution in [0.3, 0.4) is 0 Å². The van der Waals surface area contributed by atoms with Crippen molar-refractivity contribution in [2.75, 3.05) is 19.3 Å². The Balaban J connectivity index is 1.35. The summed E-state index contributed by atoms with van der Waals surface area (Å²) in [6, 6.07) is 13.6. The van der Waals surface area contributed by atoms with E-state index in [2.05, 4.69) is 21.8 Å². The quantitative estimate of drug-likeness (QED) is 0.610. The van der Waals surface area contributed by atoms with Crippen molar-refractivity contribution in [2.24, 2.45) is 5.92 Å². The van der Waals surface area contributed by atoms with Crippen LogP contribution in [0.1, 0.15) is 37.7 Å². The Morgan fingerprint density at radius 3 is 2.09 bits per heavy atom. The number of likely N-dealkylation sites (tertiary alicyclic amines) is 1. The van der Waals surface area contributed by atoms with E-state index in [9.17, 15) is 16.8 Å². The molecule has 1 saturated carbocycles. The molecule has 0 amide bonds. The topological polar surface area (TPSA) is 83.5 Å². The van der Waals surface area contributed by atoms with E-state index < -0.39 is 19.9 Å². The Labute approximate surface area is 202 Å². The van der Waals surface area contributed by atoms with E-state index in [4.69, 9.17) is 11.6 Å². The fraction of sp³-hybridized carbons (Fsp3) is 0.500. The van der Waals surface area contributed by atoms with Crippen molar-refractivity contribution in [3.8, 4) is 0 Å². The second-order valence-electron chi connectivity index (χ2n) is 9.28. The molecule has 0 bridgehead atoms. The maximum atomic E-state index is 13.0. The molecule has 0 radical (unpaired) electrons. The molecule has 2 aliphatic rings. The number of rotatable bonds is 7. The number of nitrogens with one attached hydrogen (secondary N) is 1. The fourth-order valence-corrected chi connectivity index (χ4v) is 7.15. The summed E-state index contributed by atoms with van der Waals surface area (Å²) in [4.78, 5) is 2.66. The second-order valence-corrected chi connectivity index (χ2v) is 13.4. The fourth-order valence-electron chi connectivity index (χ4n) is 5.09. The Bertz CT molecular complexity index is 1160. The third-order valence-electron chi connectivity index (χ3n) is 6.90. The first-order chi connectivity index (χ1) is 15.6. The highest BCUT2D eigenvalue weighted by Crippen LogP contribution is 2.31. The number of hydrogen-bond acceptors (Lipinski definition) is 5. The molecular weight excluding hydrogens is 480 g/mol. The molecule has 1 aliphatic heterocycles. The third kappa shape index (κ3) is 6.17. The van der Waals surface area contributed by atoms with Crippen LogP contribution in [-0.4, -0.2) is 53.2 Å². The van der Waals surface area contributed by atoms with Crippen LogP contribution in [0, 0.1) is 5.92 Å². The van der Waals surface area contributed by atoms with Crippen LogP contribution in [0.15, 0.2) is 58.3 Å². The molecule has 6 nitrogen and oxygen atoms in total. The summed E-state index contributed by atoms with van der Waals surface area (Å²) in [7, 11) is -7.08. The van der Waals surface area contributed by atoms with E-state index in [-0.39, 0.29) is 21.9 Å². The number of halogens is 1. The second kappa shape index (κ2) is 10.0. The van der Waals surface area contributed by atoms with Crippen LogP contribution < -0.4 is 4.72 Å². The lowest BCUT2D eigenvalue weighted by molar-refractivity contribution is 0.122. The van der Waals surface area contributed by atoms with Gasteiger partial charge in [0.15, 0.2) is 9.84 Å². The molecular formula is C24H31ClN2O4S2. The molecule has 4 rings (SSSR count). The molecule has 1 heterocycles. The van der Waals surface area contributed by atoms with E-state index in [1.165, 1.54) is 29.8 Å². The van der Waals surface area contributed by atoms with Crippen molar-refractivity contribution in [3.05, 3.63) is 59.1 Å². The molecule has 2 atom stereocenters. The van der Waals surface area contributed by atoms with Gasteiger partial charge in [-0.15, -0.1) is 0 Å². The molecule has 2 unspecified atom stereocenters. The minimum atomic E-state index is -3.71. The minimum Gasteiger partial charge on any atom is -0.299 e. The highest BCUT2D eigenvalue weighted by Gasteiger charge is 2.36. The normalized spacial score (nSPS) is 23.1. The largest absolute Gasteiger partial charge is 0.299 e. The van der Waals surface area contributed by atoms with Crippen LogP contribution in [0.25, 0.3) is 0 Å². The molecule has 0 spiro atoms. The molecule has 2 fully saturated rings. The molecule has 1 N–H and O–H groups in total. The molecule has 33 heavy (non-hydrogen) atoms. The standard InChI is InChI=1S/C24H31ClN2O4S2/c1-32(28,29)21-9-11-22(12-10-21)33(30,31)26-23-3-2-4-24(23)27-15-13-19(14-16-27)17-18-5-7-20(25)8-6-18/h5-12,19,23-24,26H,2-4,13-17H2,1H3. The Hall–Kier alpha value is -1.45. The minimum absolute atomic E-state index is 0.0993. The zero-order valence-electron chi connectivity index (χ0n) is 18.8. The molecule has 1 saturated heterocycles. The van der Waals surface area contributed by atoms with E-state index in [1.807, 2.05) is 12.1 Å². The van der Waals surface area contributed by atoms with E-state index in [0.29, 0.717) is 5.92 Å². The van der Waals surface area contributed by atoms with Gasteiger partial charge in [0.25, 0.3) is 0 Å². The van der Waals surface area contributed by atoms with E-state index in [0.717, 1.165) is 62.9 Å². The highest BCUT2D eigenvalue weighted by molar-refractivity contribution is 7.90. The van der Waals surface area contributed by atoms with Gasteiger partial charge >= 0.3 is 0 Å². The van der Waals surface area contributed by atoms with E-state index >= 15 is 0 Å². The van der Waals surface area contributed by atoms with Gasteiger partial charge in [0, 0.05) is 23.4 Å². The highest BCUT2D eigenvalue weighted by atomic mass is 35.5. The van der Waals surface area contributed by atoms with Crippen molar-refractivity contribution in [3.63, 3.8) is 0 Å². The Morgan fingerprint density at radius 1 is 0.879 bits per heavy atom. The van der Waals surface area contributed by atoms with Gasteiger partial charge in [-0.2, -0.15) is 0 Å². The summed E-state index contributed by atoms with van der Waals surface area (Å²) in [6.45, 7) is 1.95.